The van der Waals surface area contributed by atoms with Crippen molar-refractivity contribution in [3.8, 4) is 0 Å². The smallest absolute Gasteiger partial charge is 0.284 e. The Morgan fingerprint density at radius 3 is 2.76 bits per heavy atom. The first-order valence-electron chi connectivity index (χ1n) is 5.72. The SMILES string of the molecule is CC(C)C(Cc1n[nH]c(=S)o1)c1ccn(C)c1. The van der Waals surface area contributed by atoms with E-state index in [9.17, 15) is 0 Å². The number of nitrogens with one attached hydrogen (secondary N) is 1. The second kappa shape index (κ2) is 4.87. The summed E-state index contributed by atoms with van der Waals surface area (Å²) in [6.45, 7) is 4.41. The Morgan fingerprint density at radius 2 is 2.29 bits per heavy atom. The zero-order chi connectivity index (χ0) is 12.4. The lowest BCUT2D eigenvalue weighted by Gasteiger charge is -2.17. The quantitative estimate of drug-likeness (QED) is 0.849. The summed E-state index contributed by atoms with van der Waals surface area (Å²) in [5, 5.41) is 6.73. The van der Waals surface area contributed by atoms with Gasteiger partial charge in [-0.25, -0.2) is 5.10 Å². The van der Waals surface area contributed by atoms with Crippen molar-refractivity contribution in [3.05, 3.63) is 34.8 Å². The van der Waals surface area contributed by atoms with Crippen molar-refractivity contribution in [3.63, 3.8) is 0 Å². The van der Waals surface area contributed by atoms with Crippen LogP contribution in [0, 0.1) is 10.8 Å². The molecule has 1 atom stereocenters. The number of aromatic amines is 1. The second-order valence-electron chi connectivity index (χ2n) is 4.67. The van der Waals surface area contributed by atoms with Crippen LogP contribution in [0.2, 0.25) is 0 Å². The molecular weight excluding hydrogens is 234 g/mol. The van der Waals surface area contributed by atoms with E-state index < -0.39 is 0 Å². The van der Waals surface area contributed by atoms with E-state index in [1.165, 1.54) is 5.56 Å². The Labute approximate surface area is 106 Å². The Balaban J connectivity index is 2.21. The number of H-pyrrole nitrogens is 1. The van der Waals surface area contributed by atoms with E-state index in [4.69, 9.17) is 16.6 Å². The van der Waals surface area contributed by atoms with Crippen molar-refractivity contribution in [2.75, 3.05) is 0 Å². The Morgan fingerprint density at radius 1 is 1.53 bits per heavy atom. The van der Waals surface area contributed by atoms with Crippen LogP contribution in [0.25, 0.3) is 0 Å². The maximum Gasteiger partial charge on any atom is 0.284 e. The molecule has 0 aliphatic rings. The Hall–Kier alpha value is -1.36. The molecule has 17 heavy (non-hydrogen) atoms. The summed E-state index contributed by atoms with van der Waals surface area (Å²) in [6.07, 6.45) is 4.98. The van der Waals surface area contributed by atoms with E-state index >= 15 is 0 Å². The number of hydrogen-bond acceptors (Lipinski definition) is 3. The highest BCUT2D eigenvalue weighted by Gasteiger charge is 2.19. The Kier molecular flexibility index (Phi) is 3.47. The van der Waals surface area contributed by atoms with Crippen LogP contribution < -0.4 is 0 Å². The molecule has 2 heterocycles. The van der Waals surface area contributed by atoms with Gasteiger partial charge in [0.2, 0.25) is 5.89 Å². The van der Waals surface area contributed by atoms with Crippen molar-refractivity contribution in [2.45, 2.75) is 26.2 Å². The van der Waals surface area contributed by atoms with Gasteiger partial charge in [0.15, 0.2) is 0 Å². The molecule has 0 radical (unpaired) electrons. The van der Waals surface area contributed by atoms with E-state index in [2.05, 4.69) is 47.1 Å². The molecule has 2 rings (SSSR count). The first-order chi connectivity index (χ1) is 8.06. The van der Waals surface area contributed by atoms with E-state index in [1.807, 2.05) is 7.05 Å². The van der Waals surface area contributed by atoms with Gasteiger partial charge in [0.25, 0.3) is 4.84 Å². The maximum absolute atomic E-state index is 5.33. The van der Waals surface area contributed by atoms with Gasteiger partial charge in [-0.2, -0.15) is 0 Å². The molecule has 92 valence electrons. The summed E-state index contributed by atoms with van der Waals surface area (Å²) >= 11 is 4.88. The maximum atomic E-state index is 5.33. The van der Waals surface area contributed by atoms with Gasteiger partial charge in [0, 0.05) is 25.9 Å². The lowest BCUT2D eigenvalue weighted by Crippen LogP contribution is -2.09. The lowest BCUT2D eigenvalue weighted by atomic mass is 9.87. The summed E-state index contributed by atoms with van der Waals surface area (Å²) in [7, 11) is 2.03. The Bertz CT molecular complexity index is 538. The number of hydrogen-bond donors (Lipinski definition) is 1. The molecule has 1 N–H and O–H groups in total. The third-order valence-corrected chi connectivity index (χ3v) is 3.14. The van der Waals surface area contributed by atoms with Crippen LogP contribution in [0.3, 0.4) is 0 Å². The van der Waals surface area contributed by atoms with Crippen molar-refractivity contribution in [1.82, 2.24) is 14.8 Å². The van der Waals surface area contributed by atoms with Gasteiger partial charge in [0.05, 0.1) is 0 Å². The molecule has 1 unspecified atom stereocenters. The standard InChI is InChI=1S/C12H17N3OS/c1-8(2)10(9-4-5-15(3)7-9)6-11-13-14-12(17)16-11/h4-5,7-8,10H,6H2,1-3H3,(H,14,17). The van der Waals surface area contributed by atoms with E-state index in [0.717, 1.165) is 6.42 Å². The van der Waals surface area contributed by atoms with Crippen molar-refractivity contribution >= 4 is 12.2 Å². The number of aromatic nitrogens is 3. The van der Waals surface area contributed by atoms with E-state index in [1.54, 1.807) is 0 Å². The zero-order valence-electron chi connectivity index (χ0n) is 10.3. The average molecular weight is 251 g/mol. The summed E-state index contributed by atoms with van der Waals surface area (Å²) in [5.74, 6) is 1.60. The highest BCUT2D eigenvalue weighted by atomic mass is 32.1. The summed E-state index contributed by atoms with van der Waals surface area (Å²) in [6, 6.07) is 2.14. The molecule has 0 amide bonds. The third-order valence-electron chi connectivity index (χ3n) is 2.96. The van der Waals surface area contributed by atoms with Gasteiger partial charge in [-0.05, 0) is 35.7 Å². The minimum atomic E-state index is 0.343. The fraction of sp³-hybridized carbons (Fsp3) is 0.500. The molecule has 2 aromatic heterocycles. The topological polar surface area (TPSA) is 46.8 Å². The minimum Gasteiger partial charge on any atom is -0.414 e. The van der Waals surface area contributed by atoms with Gasteiger partial charge < -0.3 is 8.98 Å². The van der Waals surface area contributed by atoms with Crippen molar-refractivity contribution in [1.29, 1.82) is 0 Å². The van der Waals surface area contributed by atoms with Crippen molar-refractivity contribution in [2.24, 2.45) is 13.0 Å². The van der Waals surface area contributed by atoms with Crippen LogP contribution in [0.5, 0.6) is 0 Å². The van der Waals surface area contributed by atoms with Crippen molar-refractivity contribution < 1.29 is 4.42 Å². The molecule has 0 spiro atoms. The first-order valence-corrected chi connectivity index (χ1v) is 6.13. The first kappa shape index (κ1) is 12.1. The number of nitrogens with zero attached hydrogens (tertiary/aromatic N) is 2. The average Bonchev–Trinajstić information content (AvgIpc) is 2.83. The summed E-state index contributed by atoms with van der Waals surface area (Å²) in [5.41, 5.74) is 1.31. The summed E-state index contributed by atoms with van der Waals surface area (Å²) < 4.78 is 7.39. The van der Waals surface area contributed by atoms with Crippen LogP contribution in [0.4, 0.5) is 0 Å². The predicted octanol–water partition coefficient (Wildman–Crippen LogP) is 3.05. The molecule has 0 aromatic carbocycles. The molecule has 2 aromatic rings. The molecule has 0 aliphatic carbocycles. The molecule has 0 aliphatic heterocycles. The molecule has 0 fully saturated rings. The highest BCUT2D eigenvalue weighted by molar-refractivity contribution is 7.71. The van der Waals surface area contributed by atoms with Gasteiger partial charge in [-0.1, -0.05) is 13.8 Å². The van der Waals surface area contributed by atoms with Crippen LogP contribution in [-0.2, 0) is 13.5 Å². The monoisotopic (exact) mass is 251 g/mol. The van der Waals surface area contributed by atoms with Gasteiger partial charge in [-0.3, -0.25) is 0 Å². The zero-order valence-corrected chi connectivity index (χ0v) is 11.1. The highest BCUT2D eigenvalue weighted by Crippen LogP contribution is 2.27. The largest absolute Gasteiger partial charge is 0.414 e. The second-order valence-corrected chi connectivity index (χ2v) is 5.04. The minimum absolute atomic E-state index is 0.343. The molecule has 0 bridgehead atoms. The summed E-state index contributed by atoms with van der Waals surface area (Å²) in [4.78, 5) is 0.343. The predicted molar refractivity (Wildman–Crippen MR) is 68.4 cm³/mol. The van der Waals surface area contributed by atoms with Crippen LogP contribution in [-0.4, -0.2) is 14.8 Å². The lowest BCUT2D eigenvalue weighted by molar-refractivity contribution is 0.416. The van der Waals surface area contributed by atoms with E-state index in [-0.39, 0.29) is 0 Å². The van der Waals surface area contributed by atoms with Gasteiger partial charge >= 0.3 is 0 Å². The molecule has 0 saturated heterocycles. The van der Waals surface area contributed by atoms with Crippen LogP contribution in [0.15, 0.2) is 22.9 Å². The normalized spacial score (nSPS) is 13.2. The fourth-order valence-electron chi connectivity index (χ4n) is 2.02. The number of aryl methyl sites for hydroxylation is 1. The third kappa shape index (κ3) is 2.85. The molecular formula is C12H17N3OS. The molecule has 0 saturated carbocycles. The van der Waals surface area contributed by atoms with E-state index in [0.29, 0.717) is 22.6 Å². The molecule has 4 nitrogen and oxygen atoms in total. The van der Waals surface area contributed by atoms with Crippen LogP contribution >= 0.6 is 12.2 Å². The number of rotatable bonds is 4. The van der Waals surface area contributed by atoms with Crippen LogP contribution in [0.1, 0.15) is 31.2 Å². The van der Waals surface area contributed by atoms with Gasteiger partial charge in [0.1, 0.15) is 0 Å². The fourth-order valence-corrected chi connectivity index (χ4v) is 2.16. The molecule has 5 heteroatoms. The van der Waals surface area contributed by atoms with Gasteiger partial charge in [-0.15, -0.1) is 5.10 Å².